The summed E-state index contributed by atoms with van der Waals surface area (Å²) in [5.74, 6) is 0. The molecule has 2 aromatic carbocycles. The molecule has 1 aliphatic carbocycles. The second-order valence-corrected chi connectivity index (χ2v) is 6.10. The van der Waals surface area contributed by atoms with Crippen molar-refractivity contribution >= 4 is 16.5 Å². The highest BCUT2D eigenvalue weighted by molar-refractivity contribution is 5.93. The van der Waals surface area contributed by atoms with Gasteiger partial charge in [-0.15, -0.1) is 0 Å². The number of nitrogens with one attached hydrogen (secondary N) is 1. The van der Waals surface area contributed by atoms with Gasteiger partial charge in [0.05, 0.1) is 6.61 Å². The Morgan fingerprint density at radius 2 is 1.70 bits per heavy atom. The summed E-state index contributed by atoms with van der Waals surface area (Å²) in [4.78, 5) is 0. The normalized spacial score (nSPS) is 18.1. The van der Waals surface area contributed by atoms with E-state index < -0.39 is 0 Å². The number of fused-ring (bicyclic) bond motifs is 1. The van der Waals surface area contributed by atoms with Gasteiger partial charge in [-0.2, -0.15) is 0 Å². The first-order chi connectivity index (χ1) is 9.83. The van der Waals surface area contributed by atoms with Crippen molar-refractivity contribution in [2.45, 2.75) is 32.1 Å². The zero-order valence-corrected chi connectivity index (χ0v) is 11.9. The van der Waals surface area contributed by atoms with Crippen LogP contribution in [-0.4, -0.2) is 18.3 Å². The van der Waals surface area contributed by atoms with Gasteiger partial charge in [-0.3, -0.25) is 0 Å². The van der Waals surface area contributed by atoms with Crippen molar-refractivity contribution in [3.8, 4) is 0 Å². The van der Waals surface area contributed by atoms with E-state index in [-0.39, 0.29) is 5.41 Å². The molecule has 0 aliphatic heterocycles. The number of anilines is 1. The highest BCUT2D eigenvalue weighted by Crippen LogP contribution is 2.36. The lowest BCUT2D eigenvalue weighted by atomic mass is 9.74. The van der Waals surface area contributed by atoms with Gasteiger partial charge < -0.3 is 10.4 Å². The van der Waals surface area contributed by atoms with Crippen LogP contribution in [0.2, 0.25) is 0 Å². The molecule has 0 spiro atoms. The second-order valence-electron chi connectivity index (χ2n) is 6.10. The van der Waals surface area contributed by atoms with Crippen molar-refractivity contribution in [3.05, 3.63) is 42.5 Å². The second kappa shape index (κ2) is 5.84. The lowest BCUT2D eigenvalue weighted by Gasteiger charge is -2.36. The van der Waals surface area contributed by atoms with Crippen molar-refractivity contribution in [2.75, 3.05) is 18.5 Å². The molecule has 2 N–H and O–H groups in total. The largest absolute Gasteiger partial charge is 0.396 e. The summed E-state index contributed by atoms with van der Waals surface area (Å²) < 4.78 is 0. The smallest absolute Gasteiger partial charge is 0.0504 e. The van der Waals surface area contributed by atoms with Crippen LogP contribution in [0.15, 0.2) is 42.5 Å². The van der Waals surface area contributed by atoms with Gasteiger partial charge in [0.25, 0.3) is 0 Å². The monoisotopic (exact) mass is 269 g/mol. The van der Waals surface area contributed by atoms with Crippen LogP contribution in [0.5, 0.6) is 0 Å². The van der Waals surface area contributed by atoms with E-state index in [1.807, 2.05) is 0 Å². The Morgan fingerprint density at radius 1 is 0.950 bits per heavy atom. The molecule has 0 unspecified atom stereocenters. The maximum atomic E-state index is 9.79. The number of aliphatic hydroxyl groups is 1. The topological polar surface area (TPSA) is 32.3 Å². The Kier molecular flexibility index (Phi) is 3.93. The minimum atomic E-state index is 0.0786. The van der Waals surface area contributed by atoms with Gasteiger partial charge in [0.15, 0.2) is 0 Å². The quantitative estimate of drug-likeness (QED) is 0.872. The Balaban J connectivity index is 1.79. The molecule has 2 nitrogen and oxygen atoms in total. The fourth-order valence-corrected chi connectivity index (χ4v) is 3.35. The van der Waals surface area contributed by atoms with E-state index in [4.69, 9.17) is 0 Å². The number of hydrogen-bond donors (Lipinski definition) is 2. The lowest BCUT2D eigenvalue weighted by molar-refractivity contribution is 0.0944. The SMILES string of the molecule is OCC1(CNc2cccc3ccccc23)CCCCC1. The van der Waals surface area contributed by atoms with Crippen molar-refractivity contribution in [2.24, 2.45) is 5.41 Å². The van der Waals surface area contributed by atoms with E-state index in [0.29, 0.717) is 6.61 Å². The predicted molar refractivity (Wildman–Crippen MR) is 85.0 cm³/mol. The minimum absolute atomic E-state index is 0.0786. The number of benzene rings is 2. The van der Waals surface area contributed by atoms with Crippen LogP contribution in [0, 0.1) is 5.41 Å². The third kappa shape index (κ3) is 2.66. The van der Waals surface area contributed by atoms with Crippen LogP contribution in [0.4, 0.5) is 5.69 Å². The van der Waals surface area contributed by atoms with Gasteiger partial charge in [0.1, 0.15) is 0 Å². The van der Waals surface area contributed by atoms with E-state index in [1.165, 1.54) is 35.7 Å². The van der Waals surface area contributed by atoms with E-state index in [9.17, 15) is 5.11 Å². The van der Waals surface area contributed by atoms with Gasteiger partial charge in [0.2, 0.25) is 0 Å². The molecule has 3 rings (SSSR count). The van der Waals surface area contributed by atoms with Crippen molar-refractivity contribution in [3.63, 3.8) is 0 Å². The fraction of sp³-hybridized carbons (Fsp3) is 0.444. The van der Waals surface area contributed by atoms with E-state index in [0.717, 1.165) is 19.4 Å². The standard InChI is InChI=1S/C18H23NO/c20-14-18(11-4-1-5-12-18)13-19-17-10-6-8-15-7-2-3-9-16(15)17/h2-3,6-10,19-20H,1,4-5,11-14H2. The van der Waals surface area contributed by atoms with Gasteiger partial charge in [-0.25, -0.2) is 0 Å². The van der Waals surface area contributed by atoms with Crippen LogP contribution in [0.3, 0.4) is 0 Å². The summed E-state index contributed by atoms with van der Waals surface area (Å²) in [6.45, 7) is 1.17. The molecule has 2 heteroatoms. The molecule has 0 aromatic heterocycles. The summed E-state index contributed by atoms with van der Waals surface area (Å²) in [7, 11) is 0. The van der Waals surface area contributed by atoms with Gasteiger partial charge >= 0.3 is 0 Å². The molecule has 0 atom stereocenters. The third-order valence-corrected chi connectivity index (χ3v) is 4.69. The Morgan fingerprint density at radius 3 is 2.50 bits per heavy atom. The summed E-state index contributed by atoms with van der Waals surface area (Å²) in [5.41, 5.74) is 1.26. The third-order valence-electron chi connectivity index (χ3n) is 4.69. The zero-order chi connectivity index (χ0) is 13.8. The molecule has 20 heavy (non-hydrogen) atoms. The van der Waals surface area contributed by atoms with E-state index >= 15 is 0 Å². The maximum absolute atomic E-state index is 9.79. The highest BCUT2D eigenvalue weighted by Gasteiger charge is 2.31. The van der Waals surface area contributed by atoms with Gasteiger partial charge in [-0.05, 0) is 24.3 Å². The van der Waals surface area contributed by atoms with Crippen molar-refractivity contribution in [1.29, 1.82) is 0 Å². The summed E-state index contributed by atoms with van der Waals surface area (Å²) in [6, 6.07) is 14.8. The van der Waals surface area contributed by atoms with Crippen LogP contribution >= 0.6 is 0 Å². The van der Waals surface area contributed by atoms with Gasteiger partial charge in [0, 0.05) is 23.0 Å². The van der Waals surface area contributed by atoms with Crippen LogP contribution in [0.1, 0.15) is 32.1 Å². The Labute approximate surface area is 120 Å². The van der Waals surface area contributed by atoms with Crippen LogP contribution in [0.25, 0.3) is 10.8 Å². The molecule has 0 amide bonds. The predicted octanol–water partition coefficient (Wildman–Crippen LogP) is 4.19. The van der Waals surface area contributed by atoms with Crippen LogP contribution < -0.4 is 5.32 Å². The average molecular weight is 269 g/mol. The fourth-order valence-electron chi connectivity index (χ4n) is 3.35. The maximum Gasteiger partial charge on any atom is 0.0504 e. The minimum Gasteiger partial charge on any atom is -0.396 e. The molecule has 0 bridgehead atoms. The van der Waals surface area contributed by atoms with Crippen molar-refractivity contribution < 1.29 is 5.11 Å². The molecule has 0 heterocycles. The first kappa shape index (κ1) is 13.4. The molecule has 1 aliphatic rings. The number of rotatable bonds is 4. The number of hydrogen-bond acceptors (Lipinski definition) is 2. The van der Waals surface area contributed by atoms with Crippen LogP contribution in [-0.2, 0) is 0 Å². The number of aliphatic hydroxyl groups excluding tert-OH is 1. The molecule has 2 aromatic rings. The summed E-state index contributed by atoms with van der Waals surface area (Å²) in [5, 5.41) is 15.9. The molecule has 0 saturated heterocycles. The van der Waals surface area contributed by atoms with Gasteiger partial charge in [-0.1, -0.05) is 55.7 Å². The first-order valence-electron chi connectivity index (χ1n) is 7.66. The zero-order valence-electron chi connectivity index (χ0n) is 11.9. The average Bonchev–Trinajstić information content (AvgIpc) is 2.54. The van der Waals surface area contributed by atoms with E-state index in [1.54, 1.807) is 0 Å². The molecule has 0 radical (unpaired) electrons. The summed E-state index contributed by atoms with van der Waals surface area (Å²) in [6.07, 6.45) is 6.09. The molecular weight excluding hydrogens is 246 g/mol. The van der Waals surface area contributed by atoms with E-state index in [2.05, 4.69) is 47.8 Å². The summed E-state index contributed by atoms with van der Waals surface area (Å²) >= 11 is 0. The molecule has 1 saturated carbocycles. The molecular formula is C18H23NO. The molecule has 106 valence electrons. The Bertz CT molecular complexity index is 567. The highest BCUT2D eigenvalue weighted by atomic mass is 16.3. The molecule has 1 fully saturated rings. The lowest BCUT2D eigenvalue weighted by Crippen LogP contribution is -2.35. The first-order valence-corrected chi connectivity index (χ1v) is 7.66. The van der Waals surface area contributed by atoms with Crippen molar-refractivity contribution in [1.82, 2.24) is 0 Å². The Hall–Kier alpha value is -1.54.